The molecule has 0 N–H and O–H groups in total. The van der Waals surface area contributed by atoms with E-state index < -0.39 is 0 Å². The number of unbranched alkanes of at least 4 members (excludes halogenated alkanes) is 1. The van der Waals surface area contributed by atoms with Gasteiger partial charge in [0.05, 0.1) is 6.10 Å². The van der Waals surface area contributed by atoms with Crippen molar-refractivity contribution in [2.45, 2.75) is 77.4 Å². The van der Waals surface area contributed by atoms with Gasteiger partial charge in [-0.25, -0.2) is 4.39 Å². The number of carbonyl (C=O) groups excluding carboxylic acids is 1. The summed E-state index contributed by atoms with van der Waals surface area (Å²) in [6.45, 7) is 3.94. The van der Waals surface area contributed by atoms with E-state index in [1.165, 1.54) is 25.3 Å². The zero-order chi connectivity index (χ0) is 19.1. The number of amides is 1. The quantitative estimate of drug-likeness (QED) is 0.614. The van der Waals surface area contributed by atoms with Crippen molar-refractivity contribution in [3.05, 3.63) is 35.6 Å². The topological polar surface area (TPSA) is 29.5 Å². The van der Waals surface area contributed by atoms with Crippen LogP contribution < -0.4 is 0 Å². The fraction of sp³-hybridized carbons (Fsp3) is 0.696. The fourth-order valence-corrected chi connectivity index (χ4v) is 4.55. The van der Waals surface area contributed by atoms with Gasteiger partial charge in [0.2, 0.25) is 5.91 Å². The summed E-state index contributed by atoms with van der Waals surface area (Å²) in [5.74, 6) is 0.844. The number of rotatable bonds is 8. The van der Waals surface area contributed by atoms with Gasteiger partial charge in [-0.15, -0.1) is 0 Å². The van der Waals surface area contributed by atoms with Crippen LogP contribution in [0.3, 0.4) is 0 Å². The Balaban J connectivity index is 1.62. The average molecular weight is 376 g/mol. The number of ether oxygens (including phenoxy) is 1. The van der Waals surface area contributed by atoms with Gasteiger partial charge in [0.1, 0.15) is 5.82 Å². The Morgan fingerprint density at radius 1 is 1.19 bits per heavy atom. The maximum absolute atomic E-state index is 14.2. The maximum atomic E-state index is 14.2. The molecule has 1 aromatic carbocycles. The van der Waals surface area contributed by atoms with Crippen molar-refractivity contribution in [2.75, 3.05) is 13.2 Å². The van der Waals surface area contributed by atoms with E-state index in [0.717, 1.165) is 51.0 Å². The second kappa shape index (κ2) is 10.2. The van der Waals surface area contributed by atoms with E-state index in [2.05, 4.69) is 6.92 Å². The number of hydrogen-bond donors (Lipinski definition) is 0. The molecule has 0 aromatic heterocycles. The SMILES string of the molecule is CCCCC1CCC(C(=O)N(Cc2ccccc2F)CC2CCCO2)CC1. The molecule has 0 radical (unpaired) electrons. The number of nitrogens with zero attached hydrogens (tertiary/aromatic N) is 1. The molecule has 0 spiro atoms. The molecule has 1 saturated carbocycles. The standard InChI is InChI=1S/C23H34FNO2/c1-2-3-7-18-11-13-19(14-12-18)23(26)25(17-21-9-6-15-27-21)16-20-8-4-5-10-22(20)24/h4-5,8,10,18-19,21H,2-3,6-7,9,11-17H2,1H3. The number of halogens is 1. The summed E-state index contributed by atoms with van der Waals surface area (Å²) in [6.07, 6.45) is 10.2. The molecule has 1 amide bonds. The lowest BCUT2D eigenvalue weighted by Crippen LogP contribution is -2.41. The van der Waals surface area contributed by atoms with Gasteiger partial charge in [0, 0.05) is 31.2 Å². The molecular formula is C23H34FNO2. The average Bonchev–Trinajstić information content (AvgIpc) is 3.20. The van der Waals surface area contributed by atoms with Crippen molar-refractivity contribution in [1.29, 1.82) is 0 Å². The van der Waals surface area contributed by atoms with E-state index in [0.29, 0.717) is 18.7 Å². The van der Waals surface area contributed by atoms with Gasteiger partial charge in [0.15, 0.2) is 0 Å². The predicted octanol–water partition coefficient (Wildman–Crippen LogP) is 5.33. The molecule has 1 aliphatic heterocycles. The molecular weight excluding hydrogens is 341 g/mol. The summed E-state index contributed by atoms with van der Waals surface area (Å²) in [6, 6.07) is 6.80. The van der Waals surface area contributed by atoms with E-state index in [-0.39, 0.29) is 23.7 Å². The summed E-state index contributed by atoms with van der Waals surface area (Å²) in [5.41, 5.74) is 0.598. The molecule has 2 fully saturated rings. The van der Waals surface area contributed by atoms with Crippen molar-refractivity contribution in [3.8, 4) is 0 Å². The van der Waals surface area contributed by atoms with Crippen LogP contribution in [0.2, 0.25) is 0 Å². The van der Waals surface area contributed by atoms with E-state index in [1.807, 2.05) is 11.0 Å². The molecule has 1 unspecified atom stereocenters. The molecule has 1 atom stereocenters. The Morgan fingerprint density at radius 2 is 1.96 bits per heavy atom. The maximum Gasteiger partial charge on any atom is 0.226 e. The van der Waals surface area contributed by atoms with Crippen LogP contribution in [0.1, 0.15) is 70.3 Å². The highest BCUT2D eigenvalue weighted by Crippen LogP contribution is 2.33. The lowest BCUT2D eigenvalue weighted by Gasteiger charge is -2.33. The van der Waals surface area contributed by atoms with Crippen LogP contribution in [0.4, 0.5) is 4.39 Å². The van der Waals surface area contributed by atoms with Crippen molar-refractivity contribution in [1.82, 2.24) is 4.90 Å². The smallest absolute Gasteiger partial charge is 0.226 e. The lowest BCUT2D eigenvalue weighted by molar-refractivity contribution is -0.139. The summed E-state index contributed by atoms with van der Waals surface area (Å²) in [7, 11) is 0. The molecule has 1 aliphatic carbocycles. The van der Waals surface area contributed by atoms with Crippen molar-refractivity contribution in [2.24, 2.45) is 11.8 Å². The molecule has 27 heavy (non-hydrogen) atoms. The van der Waals surface area contributed by atoms with Crippen LogP contribution in [0.15, 0.2) is 24.3 Å². The Kier molecular flexibility index (Phi) is 7.69. The van der Waals surface area contributed by atoms with Gasteiger partial charge in [-0.05, 0) is 50.5 Å². The zero-order valence-corrected chi connectivity index (χ0v) is 16.7. The van der Waals surface area contributed by atoms with Gasteiger partial charge in [-0.3, -0.25) is 4.79 Å². The van der Waals surface area contributed by atoms with Gasteiger partial charge < -0.3 is 9.64 Å². The van der Waals surface area contributed by atoms with Crippen LogP contribution in [-0.4, -0.2) is 30.1 Å². The van der Waals surface area contributed by atoms with Crippen LogP contribution in [0, 0.1) is 17.7 Å². The minimum atomic E-state index is -0.231. The number of benzene rings is 1. The Bertz CT molecular complexity index is 592. The first-order chi connectivity index (χ1) is 13.2. The molecule has 3 nitrogen and oxygen atoms in total. The molecule has 0 bridgehead atoms. The number of hydrogen-bond acceptors (Lipinski definition) is 2. The molecule has 1 saturated heterocycles. The predicted molar refractivity (Wildman–Crippen MR) is 106 cm³/mol. The first-order valence-electron chi connectivity index (χ1n) is 10.8. The third kappa shape index (κ3) is 5.78. The summed E-state index contributed by atoms with van der Waals surface area (Å²) >= 11 is 0. The van der Waals surface area contributed by atoms with Gasteiger partial charge in [-0.1, -0.05) is 44.4 Å². The molecule has 2 aliphatic rings. The van der Waals surface area contributed by atoms with Crippen LogP contribution in [0.5, 0.6) is 0 Å². The van der Waals surface area contributed by atoms with E-state index in [4.69, 9.17) is 4.74 Å². The normalized spacial score (nSPS) is 25.5. The van der Waals surface area contributed by atoms with Gasteiger partial charge in [-0.2, -0.15) is 0 Å². The van der Waals surface area contributed by atoms with E-state index in [9.17, 15) is 9.18 Å². The molecule has 150 valence electrons. The van der Waals surface area contributed by atoms with Crippen LogP contribution in [0.25, 0.3) is 0 Å². The molecule has 3 rings (SSSR count). The molecule has 1 heterocycles. The monoisotopic (exact) mass is 375 g/mol. The highest BCUT2D eigenvalue weighted by molar-refractivity contribution is 5.79. The molecule has 1 aromatic rings. The first-order valence-corrected chi connectivity index (χ1v) is 10.8. The van der Waals surface area contributed by atoms with E-state index in [1.54, 1.807) is 12.1 Å². The molecule has 4 heteroatoms. The van der Waals surface area contributed by atoms with Gasteiger partial charge >= 0.3 is 0 Å². The van der Waals surface area contributed by atoms with Crippen molar-refractivity contribution >= 4 is 5.91 Å². The van der Waals surface area contributed by atoms with Crippen molar-refractivity contribution in [3.63, 3.8) is 0 Å². The Hall–Kier alpha value is -1.42. The zero-order valence-electron chi connectivity index (χ0n) is 16.7. The fourth-order valence-electron chi connectivity index (χ4n) is 4.55. The van der Waals surface area contributed by atoms with Crippen LogP contribution in [-0.2, 0) is 16.1 Å². The highest BCUT2D eigenvalue weighted by atomic mass is 19.1. The highest BCUT2D eigenvalue weighted by Gasteiger charge is 2.31. The summed E-state index contributed by atoms with van der Waals surface area (Å²) in [5, 5.41) is 0. The second-order valence-corrected chi connectivity index (χ2v) is 8.31. The van der Waals surface area contributed by atoms with E-state index >= 15 is 0 Å². The largest absolute Gasteiger partial charge is 0.376 e. The minimum Gasteiger partial charge on any atom is -0.376 e. The minimum absolute atomic E-state index is 0.0936. The van der Waals surface area contributed by atoms with Crippen LogP contribution >= 0.6 is 0 Å². The third-order valence-electron chi connectivity index (χ3n) is 6.24. The Labute approximate surface area is 163 Å². The Morgan fingerprint density at radius 3 is 2.63 bits per heavy atom. The second-order valence-electron chi connectivity index (χ2n) is 8.31. The lowest BCUT2D eigenvalue weighted by atomic mass is 9.79. The summed E-state index contributed by atoms with van der Waals surface area (Å²) < 4.78 is 19.9. The first kappa shape index (κ1) is 20.3. The summed E-state index contributed by atoms with van der Waals surface area (Å²) in [4.78, 5) is 15.1. The third-order valence-corrected chi connectivity index (χ3v) is 6.24. The number of carbonyl (C=O) groups is 1. The van der Waals surface area contributed by atoms with Crippen molar-refractivity contribution < 1.29 is 13.9 Å². The van der Waals surface area contributed by atoms with Gasteiger partial charge in [0.25, 0.3) is 0 Å².